The second kappa shape index (κ2) is 5.59. The molecule has 1 aromatic heterocycles. The maximum Gasteiger partial charge on any atom is 0.0738 e. The van der Waals surface area contributed by atoms with Crippen molar-refractivity contribution in [3.05, 3.63) is 47.8 Å². The molecule has 0 fully saturated rings. The van der Waals surface area contributed by atoms with Crippen molar-refractivity contribution in [1.82, 2.24) is 20.3 Å². The summed E-state index contributed by atoms with van der Waals surface area (Å²) in [5, 5.41) is 11.2. The molecule has 0 saturated heterocycles. The Morgan fingerprint density at radius 3 is 2.71 bits per heavy atom. The van der Waals surface area contributed by atoms with Crippen molar-refractivity contribution >= 4 is 0 Å². The van der Waals surface area contributed by atoms with Crippen molar-refractivity contribution in [3.63, 3.8) is 0 Å². The highest BCUT2D eigenvalue weighted by molar-refractivity contribution is 5.15. The molecule has 1 unspecified atom stereocenters. The number of aromatic nitrogens is 3. The summed E-state index contributed by atoms with van der Waals surface area (Å²) in [7, 11) is 1.91. The van der Waals surface area contributed by atoms with Crippen molar-refractivity contribution < 1.29 is 0 Å². The quantitative estimate of drug-likeness (QED) is 0.847. The van der Waals surface area contributed by atoms with Crippen LogP contribution in [0.2, 0.25) is 0 Å². The zero-order valence-electron chi connectivity index (χ0n) is 10.3. The van der Waals surface area contributed by atoms with Gasteiger partial charge in [-0.1, -0.05) is 35.5 Å². The van der Waals surface area contributed by atoms with Crippen molar-refractivity contribution in [2.75, 3.05) is 0 Å². The van der Waals surface area contributed by atoms with Crippen LogP contribution in [0.25, 0.3) is 0 Å². The summed E-state index contributed by atoms with van der Waals surface area (Å²) in [4.78, 5) is 0. The predicted octanol–water partition coefficient (Wildman–Crippen LogP) is 1.54. The molecule has 1 N–H and O–H groups in total. The molecule has 0 spiro atoms. The molecule has 0 radical (unpaired) electrons. The van der Waals surface area contributed by atoms with Crippen LogP contribution in [-0.2, 0) is 20.0 Å². The minimum atomic E-state index is 0.437. The van der Waals surface area contributed by atoms with Crippen molar-refractivity contribution in [2.45, 2.75) is 25.9 Å². The van der Waals surface area contributed by atoms with Gasteiger partial charge in [-0.3, -0.25) is 4.68 Å². The van der Waals surface area contributed by atoms with Gasteiger partial charge in [-0.15, -0.1) is 5.10 Å². The monoisotopic (exact) mass is 230 g/mol. The highest BCUT2D eigenvalue weighted by atomic mass is 15.4. The van der Waals surface area contributed by atoms with Crippen LogP contribution in [0, 0.1) is 0 Å². The van der Waals surface area contributed by atoms with E-state index in [4.69, 9.17) is 0 Å². The van der Waals surface area contributed by atoms with E-state index in [1.807, 2.05) is 13.1 Å². The van der Waals surface area contributed by atoms with E-state index in [2.05, 4.69) is 46.8 Å². The van der Waals surface area contributed by atoms with Gasteiger partial charge in [0, 0.05) is 19.6 Å². The summed E-state index contributed by atoms with van der Waals surface area (Å²) in [6.45, 7) is 2.99. The Balaban J connectivity index is 1.82. The van der Waals surface area contributed by atoms with Gasteiger partial charge in [0.1, 0.15) is 0 Å². The number of benzene rings is 1. The third-order valence-corrected chi connectivity index (χ3v) is 2.82. The molecule has 0 aliphatic rings. The van der Waals surface area contributed by atoms with Crippen LogP contribution >= 0.6 is 0 Å². The van der Waals surface area contributed by atoms with E-state index < -0.39 is 0 Å². The Kier molecular flexibility index (Phi) is 3.88. The molecular weight excluding hydrogens is 212 g/mol. The van der Waals surface area contributed by atoms with E-state index in [0.717, 1.165) is 18.7 Å². The topological polar surface area (TPSA) is 42.7 Å². The van der Waals surface area contributed by atoms with E-state index in [1.54, 1.807) is 10.9 Å². The van der Waals surface area contributed by atoms with Gasteiger partial charge < -0.3 is 5.32 Å². The number of rotatable bonds is 5. The molecule has 17 heavy (non-hydrogen) atoms. The van der Waals surface area contributed by atoms with Gasteiger partial charge in [-0.05, 0) is 18.9 Å². The zero-order chi connectivity index (χ0) is 12.1. The summed E-state index contributed by atoms with van der Waals surface area (Å²) >= 11 is 0. The first-order valence-corrected chi connectivity index (χ1v) is 5.86. The smallest absolute Gasteiger partial charge is 0.0738 e. The first-order chi connectivity index (χ1) is 8.25. The van der Waals surface area contributed by atoms with Gasteiger partial charge >= 0.3 is 0 Å². The van der Waals surface area contributed by atoms with Crippen LogP contribution in [0.1, 0.15) is 18.2 Å². The number of nitrogens with one attached hydrogen (secondary N) is 1. The second-order valence-electron chi connectivity index (χ2n) is 4.32. The molecule has 0 bridgehead atoms. The second-order valence-corrected chi connectivity index (χ2v) is 4.32. The number of nitrogens with zero attached hydrogens (tertiary/aromatic N) is 3. The van der Waals surface area contributed by atoms with Crippen LogP contribution in [0.15, 0.2) is 36.5 Å². The van der Waals surface area contributed by atoms with Crippen LogP contribution < -0.4 is 5.32 Å². The molecule has 0 saturated carbocycles. The molecule has 1 atom stereocenters. The molecule has 2 aromatic rings. The average molecular weight is 230 g/mol. The lowest BCUT2D eigenvalue weighted by atomic mass is 10.1. The lowest BCUT2D eigenvalue weighted by molar-refractivity contribution is 0.524. The molecule has 0 aliphatic carbocycles. The predicted molar refractivity (Wildman–Crippen MR) is 67.5 cm³/mol. The van der Waals surface area contributed by atoms with E-state index in [9.17, 15) is 0 Å². The van der Waals surface area contributed by atoms with E-state index in [-0.39, 0.29) is 0 Å². The molecule has 1 aromatic carbocycles. The molecule has 4 heteroatoms. The van der Waals surface area contributed by atoms with E-state index in [0.29, 0.717) is 6.04 Å². The third kappa shape index (κ3) is 3.39. The van der Waals surface area contributed by atoms with Gasteiger partial charge in [0.25, 0.3) is 0 Å². The minimum absolute atomic E-state index is 0.437. The Bertz CT molecular complexity index is 449. The normalized spacial score (nSPS) is 12.6. The third-order valence-electron chi connectivity index (χ3n) is 2.82. The molecule has 1 heterocycles. The number of hydrogen-bond donors (Lipinski definition) is 1. The zero-order valence-corrected chi connectivity index (χ0v) is 10.3. The van der Waals surface area contributed by atoms with Gasteiger partial charge in [0.15, 0.2) is 0 Å². The fraction of sp³-hybridized carbons (Fsp3) is 0.385. The summed E-state index contributed by atoms with van der Waals surface area (Å²) in [5.74, 6) is 0. The van der Waals surface area contributed by atoms with Crippen molar-refractivity contribution in [1.29, 1.82) is 0 Å². The van der Waals surface area contributed by atoms with Gasteiger partial charge in [0.05, 0.1) is 11.9 Å². The fourth-order valence-electron chi connectivity index (χ4n) is 1.79. The first kappa shape index (κ1) is 11.8. The molecule has 2 rings (SSSR count). The first-order valence-electron chi connectivity index (χ1n) is 5.86. The molecule has 90 valence electrons. The maximum atomic E-state index is 3.91. The minimum Gasteiger partial charge on any atom is -0.308 e. The van der Waals surface area contributed by atoms with Crippen LogP contribution in [0.3, 0.4) is 0 Å². The Morgan fingerprint density at radius 1 is 1.29 bits per heavy atom. The van der Waals surface area contributed by atoms with Crippen LogP contribution in [-0.4, -0.2) is 21.0 Å². The van der Waals surface area contributed by atoms with Gasteiger partial charge in [-0.2, -0.15) is 0 Å². The Labute approximate surface area is 102 Å². The highest BCUT2D eigenvalue weighted by Crippen LogP contribution is 2.03. The molecule has 0 aliphatic heterocycles. The highest BCUT2D eigenvalue weighted by Gasteiger charge is 2.05. The maximum absolute atomic E-state index is 3.91. The average Bonchev–Trinajstić information content (AvgIpc) is 2.74. The molecule has 0 amide bonds. The van der Waals surface area contributed by atoms with E-state index in [1.165, 1.54) is 5.56 Å². The number of aryl methyl sites for hydroxylation is 1. The fourth-order valence-corrected chi connectivity index (χ4v) is 1.79. The lowest BCUT2D eigenvalue weighted by Crippen LogP contribution is -2.28. The SMILES string of the molecule is CC(Cc1ccccc1)NCc1cnnn1C. The van der Waals surface area contributed by atoms with E-state index >= 15 is 0 Å². The number of hydrogen-bond acceptors (Lipinski definition) is 3. The summed E-state index contributed by atoms with van der Waals surface area (Å²) in [6, 6.07) is 10.9. The lowest BCUT2D eigenvalue weighted by Gasteiger charge is -2.13. The standard InChI is InChI=1S/C13H18N4/c1-11(8-12-6-4-3-5-7-12)14-9-13-10-15-16-17(13)2/h3-7,10-11,14H,8-9H2,1-2H3. The summed E-state index contributed by atoms with van der Waals surface area (Å²) in [6.07, 6.45) is 2.83. The van der Waals surface area contributed by atoms with Crippen molar-refractivity contribution in [3.8, 4) is 0 Å². The summed E-state index contributed by atoms with van der Waals surface area (Å²) < 4.78 is 1.79. The Morgan fingerprint density at radius 2 is 2.06 bits per heavy atom. The largest absolute Gasteiger partial charge is 0.308 e. The van der Waals surface area contributed by atoms with Crippen LogP contribution in [0.5, 0.6) is 0 Å². The Hall–Kier alpha value is -1.68. The van der Waals surface area contributed by atoms with Crippen molar-refractivity contribution in [2.24, 2.45) is 7.05 Å². The molecule has 4 nitrogen and oxygen atoms in total. The summed E-state index contributed by atoms with van der Waals surface area (Å²) in [5.41, 5.74) is 2.46. The molecular formula is C13H18N4. The van der Waals surface area contributed by atoms with Gasteiger partial charge in [0.2, 0.25) is 0 Å². The van der Waals surface area contributed by atoms with Crippen LogP contribution in [0.4, 0.5) is 0 Å². The van der Waals surface area contributed by atoms with Gasteiger partial charge in [-0.25, -0.2) is 0 Å².